The Morgan fingerprint density at radius 2 is 1.73 bits per heavy atom. The highest BCUT2D eigenvalue weighted by Gasteiger charge is 2.40. The highest BCUT2D eigenvalue weighted by Crippen LogP contribution is 2.36. The number of aryl methyl sites for hydroxylation is 1. The number of halogens is 2. The molecule has 1 aliphatic heterocycles. The van der Waals surface area contributed by atoms with Gasteiger partial charge in [0.1, 0.15) is 5.70 Å². The number of nitrogens with one attached hydrogen (secondary N) is 1. The van der Waals surface area contributed by atoms with Crippen LogP contribution in [-0.4, -0.2) is 21.7 Å². The van der Waals surface area contributed by atoms with E-state index >= 15 is 0 Å². The van der Waals surface area contributed by atoms with E-state index in [9.17, 15) is 9.59 Å². The smallest absolute Gasteiger partial charge is 0.278 e. The van der Waals surface area contributed by atoms with E-state index in [1.807, 2.05) is 31.2 Å². The number of hydrogen-bond donors (Lipinski definition) is 1. The van der Waals surface area contributed by atoms with Crippen molar-refractivity contribution in [2.45, 2.75) is 13.5 Å². The number of anilines is 1. The fraction of sp³-hybridized carbons (Fsp3) is 0.0870. The number of nitrogens with zero attached hydrogens (tertiary/aromatic N) is 2. The van der Waals surface area contributed by atoms with Gasteiger partial charge in [-0.3, -0.25) is 19.5 Å². The Kier molecular flexibility index (Phi) is 5.57. The molecule has 0 unspecified atom stereocenters. The van der Waals surface area contributed by atoms with Crippen LogP contribution in [0.4, 0.5) is 5.69 Å². The highest BCUT2D eigenvalue weighted by molar-refractivity contribution is 6.41. The second-order valence-electron chi connectivity index (χ2n) is 6.92. The van der Waals surface area contributed by atoms with E-state index in [0.717, 1.165) is 11.1 Å². The minimum Gasteiger partial charge on any atom is -0.350 e. The molecular weight excluding hydrogens is 421 g/mol. The van der Waals surface area contributed by atoms with Crippen LogP contribution in [0.2, 0.25) is 10.0 Å². The molecule has 0 fully saturated rings. The van der Waals surface area contributed by atoms with Gasteiger partial charge in [0.2, 0.25) is 0 Å². The second-order valence-corrected chi connectivity index (χ2v) is 7.76. The number of carbonyl (C=O) groups is 2. The van der Waals surface area contributed by atoms with Gasteiger partial charge < -0.3 is 5.32 Å². The number of rotatable bonds is 5. The first-order chi connectivity index (χ1) is 14.4. The van der Waals surface area contributed by atoms with Crippen LogP contribution >= 0.6 is 23.2 Å². The van der Waals surface area contributed by atoms with Crippen LogP contribution < -0.4 is 5.32 Å². The molecule has 2 heterocycles. The zero-order valence-corrected chi connectivity index (χ0v) is 17.5. The zero-order valence-electron chi connectivity index (χ0n) is 16.0. The summed E-state index contributed by atoms with van der Waals surface area (Å²) in [5.41, 5.74) is 3.38. The summed E-state index contributed by atoms with van der Waals surface area (Å²) in [5, 5.41) is 3.88. The molecule has 0 saturated heterocycles. The van der Waals surface area contributed by atoms with Gasteiger partial charge in [0.25, 0.3) is 11.8 Å². The Labute approximate surface area is 183 Å². The molecule has 7 heteroatoms. The highest BCUT2D eigenvalue weighted by atomic mass is 35.5. The lowest BCUT2D eigenvalue weighted by atomic mass is 10.0. The van der Waals surface area contributed by atoms with Gasteiger partial charge in [0, 0.05) is 28.7 Å². The van der Waals surface area contributed by atoms with Crippen LogP contribution in [0, 0.1) is 6.92 Å². The first kappa shape index (κ1) is 20.1. The Balaban J connectivity index is 1.79. The average Bonchev–Trinajstić information content (AvgIpc) is 2.93. The third-order valence-electron chi connectivity index (χ3n) is 4.75. The predicted octanol–water partition coefficient (Wildman–Crippen LogP) is 5.09. The lowest BCUT2D eigenvalue weighted by Crippen LogP contribution is -2.32. The van der Waals surface area contributed by atoms with Crippen LogP contribution in [0.15, 0.2) is 72.7 Å². The summed E-state index contributed by atoms with van der Waals surface area (Å²) in [6, 6.07) is 15.9. The van der Waals surface area contributed by atoms with Gasteiger partial charge in [-0.15, -0.1) is 0 Å². The number of imide groups is 1. The molecule has 0 saturated carbocycles. The van der Waals surface area contributed by atoms with Crippen molar-refractivity contribution in [1.29, 1.82) is 0 Å². The van der Waals surface area contributed by atoms with Crippen molar-refractivity contribution in [1.82, 2.24) is 9.88 Å². The van der Waals surface area contributed by atoms with Crippen molar-refractivity contribution < 1.29 is 9.59 Å². The minimum atomic E-state index is -0.420. The van der Waals surface area contributed by atoms with Gasteiger partial charge in [0.15, 0.2) is 0 Å². The summed E-state index contributed by atoms with van der Waals surface area (Å²) in [6.45, 7) is 2.09. The molecule has 2 amide bonds. The van der Waals surface area contributed by atoms with Crippen LogP contribution in [0.5, 0.6) is 0 Å². The zero-order chi connectivity index (χ0) is 21.3. The first-order valence-corrected chi connectivity index (χ1v) is 9.98. The van der Waals surface area contributed by atoms with E-state index < -0.39 is 11.8 Å². The van der Waals surface area contributed by atoms with E-state index in [2.05, 4.69) is 10.3 Å². The molecule has 150 valence electrons. The number of amides is 2. The molecule has 3 aromatic rings. The maximum atomic E-state index is 13.3. The maximum absolute atomic E-state index is 13.3. The van der Waals surface area contributed by atoms with Gasteiger partial charge in [-0.05, 0) is 54.4 Å². The van der Waals surface area contributed by atoms with Crippen molar-refractivity contribution >= 4 is 46.3 Å². The SMILES string of the molecule is Cc1cccc(NC2=C(c3ccc(Cl)cc3Cl)C(=O)N(Cc3ccncc3)C2=O)c1. The van der Waals surface area contributed by atoms with E-state index in [4.69, 9.17) is 23.2 Å². The standard InChI is InChI=1S/C23H17Cl2N3O2/c1-14-3-2-4-17(11-14)27-21-20(18-6-5-16(24)12-19(18)25)22(29)28(23(21)30)13-15-7-9-26-10-8-15/h2-12,27H,13H2,1H3. The fourth-order valence-corrected chi connectivity index (χ4v) is 3.82. The van der Waals surface area contributed by atoms with Crippen LogP contribution in [0.3, 0.4) is 0 Å². The molecule has 1 N–H and O–H groups in total. The third-order valence-corrected chi connectivity index (χ3v) is 5.29. The first-order valence-electron chi connectivity index (χ1n) is 9.22. The Morgan fingerprint density at radius 3 is 2.43 bits per heavy atom. The largest absolute Gasteiger partial charge is 0.350 e. The molecule has 0 bridgehead atoms. The van der Waals surface area contributed by atoms with E-state index in [-0.39, 0.29) is 17.8 Å². The normalized spacial score (nSPS) is 13.9. The third kappa shape index (κ3) is 3.95. The quantitative estimate of drug-likeness (QED) is 0.564. The van der Waals surface area contributed by atoms with Gasteiger partial charge in [-0.1, -0.05) is 41.4 Å². The fourth-order valence-electron chi connectivity index (χ4n) is 3.32. The average molecular weight is 438 g/mol. The van der Waals surface area contributed by atoms with Crippen LogP contribution in [0.25, 0.3) is 5.57 Å². The summed E-state index contributed by atoms with van der Waals surface area (Å²) in [4.78, 5) is 31.8. The van der Waals surface area contributed by atoms with E-state index in [1.54, 1.807) is 42.7 Å². The van der Waals surface area contributed by atoms with Crippen molar-refractivity contribution in [3.63, 3.8) is 0 Å². The van der Waals surface area contributed by atoms with Gasteiger partial charge >= 0.3 is 0 Å². The summed E-state index contributed by atoms with van der Waals surface area (Å²) in [7, 11) is 0. The Morgan fingerprint density at radius 1 is 0.967 bits per heavy atom. The summed E-state index contributed by atoms with van der Waals surface area (Å²) < 4.78 is 0. The number of aromatic nitrogens is 1. The summed E-state index contributed by atoms with van der Waals surface area (Å²) >= 11 is 12.4. The lowest BCUT2D eigenvalue weighted by molar-refractivity contribution is -0.137. The molecular formula is C23H17Cl2N3O2. The number of benzene rings is 2. The number of carbonyl (C=O) groups excluding carboxylic acids is 2. The predicted molar refractivity (Wildman–Crippen MR) is 118 cm³/mol. The number of hydrogen-bond acceptors (Lipinski definition) is 4. The molecule has 1 aromatic heterocycles. The minimum absolute atomic E-state index is 0.133. The van der Waals surface area contributed by atoms with E-state index in [1.165, 1.54) is 4.90 Å². The second kappa shape index (κ2) is 8.30. The molecule has 30 heavy (non-hydrogen) atoms. The van der Waals surface area contributed by atoms with Crippen molar-refractivity contribution in [3.05, 3.63) is 99.4 Å². The molecule has 4 rings (SSSR count). The van der Waals surface area contributed by atoms with Crippen molar-refractivity contribution in [2.75, 3.05) is 5.32 Å². The Hall–Kier alpha value is -3.15. The van der Waals surface area contributed by atoms with Gasteiger partial charge in [-0.25, -0.2) is 0 Å². The summed E-state index contributed by atoms with van der Waals surface area (Å²) in [5.74, 6) is -0.837. The van der Waals surface area contributed by atoms with Gasteiger partial charge in [-0.2, -0.15) is 0 Å². The molecule has 0 aliphatic carbocycles. The van der Waals surface area contributed by atoms with E-state index in [0.29, 0.717) is 21.3 Å². The molecule has 2 aromatic carbocycles. The van der Waals surface area contributed by atoms with Crippen LogP contribution in [-0.2, 0) is 16.1 Å². The topological polar surface area (TPSA) is 62.3 Å². The van der Waals surface area contributed by atoms with Crippen molar-refractivity contribution in [3.8, 4) is 0 Å². The molecule has 0 atom stereocenters. The van der Waals surface area contributed by atoms with Gasteiger partial charge in [0.05, 0.1) is 17.1 Å². The molecule has 1 aliphatic rings. The summed E-state index contributed by atoms with van der Waals surface area (Å²) in [6.07, 6.45) is 3.24. The molecule has 5 nitrogen and oxygen atoms in total. The molecule has 0 spiro atoms. The van der Waals surface area contributed by atoms with Crippen LogP contribution in [0.1, 0.15) is 16.7 Å². The number of pyridine rings is 1. The lowest BCUT2D eigenvalue weighted by Gasteiger charge is -2.15. The monoisotopic (exact) mass is 437 g/mol. The maximum Gasteiger partial charge on any atom is 0.278 e. The Bertz CT molecular complexity index is 1180. The molecule has 0 radical (unpaired) electrons. The van der Waals surface area contributed by atoms with Crippen molar-refractivity contribution in [2.24, 2.45) is 0 Å².